The predicted molar refractivity (Wildman–Crippen MR) is 78.5 cm³/mol. The third-order valence-corrected chi connectivity index (χ3v) is 3.37. The van der Waals surface area contributed by atoms with Gasteiger partial charge in [0.1, 0.15) is 0 Å². The molecule has 0 amide bonds. The van der Waals surface area contributed by atoms with Crippen molar-refractivity contribution in [1.29, 1.82) is 0 Å². The average Bonchev–Trinajstić information content (AvgIpc) is 2.49. The molecule has 0 saturated carbocycles. The van der Waals surface area contributed by atoms with Gasteiger partial charge in [-0.2, -0.15) is 0 Å². The quantitative estimate of drug-likeness (QED) is 0.678. The Kier molecular flexibility index (Phi) is 2.92. The van der Waals surface area contributed by atoms with Crippen LogP contribution in [0.15, 0.2) is 54.6 Å². The van der Waals surface area contributed by atoms with E-state index in [4.69, 9.17) is 4.74 Å². The number of aryl methyl sites for hydroxylation is 1. The van der Waals surface area contributed by atoms with Crippen LogP contribution in [-0.4, -0.2) is 12.1 Å². The van der Waals surface area contributed by atoms with Crippen molar-refractivity contribution in [3.63, 3.8) is 0 Å². The highest BCUT2D eigenvalue weighted by Gasteiger charge is 2.12. The Morgan fingerprint density at radius 1 is 0.842 bits per heavy atom. The van der Waals surface area contributed by atoms with Gasteiger partial charge < -0.3 is 4.74 Å². The minimum absolute atomic E-state index is 0.681. The molecular weight excluding hydrogens is 234 g/mol. The average molecular weight is 249 g/mol. The summed E-state index contributed by atoms with van der Waals surface area (Å²) in [6.45, 7) is 2.11. The fourth-order valence-electron chi connectivity index (χ4n) is 2.40. The smallest absolute Gasteiger partial charge is 0.221 e. The van der Waals surface area contributed by atoms with E-state index in [1.54, 1.807) is 7.11 Å². The van der Waals surface area contributed by atoms with Gasteiger partial charge >= 0.3 is 0 Å². The van der Waals surface area contributed by atoms with Crippen molar-refractivity contribution in [3.05, 3.63) is 60.2 Å². The summed E-state index contributed by atoms with van der Waals surface area (Å²) in [4.78, 5) is 4.67. The molecule has 0 fully saturated rings. The fraction of sp³-hybridized carbons (Fsp3) is 0.118. The second kappa shape index (κ2) is 4.73. The molecule has 2 nitrogen and oxygen atoms in total. The van der Waals surface area contributed by atoms with Crippen LogP contribution < -0.4 is 4.74 Å². The van der Waals surface area contributed by atoms with Gasteiger partial charge in [-0.1, -0.05) is 48.5 Å². The van der Waals surface area contributed by atoms with Gasteiger partial charge in [-0.15, -0.1) is 0 Å². The van der Waals surface area contributed by atoms with Crippen LogP contribution in [0.25, 0.3) is 22.0 Å². The minimum atomic E-state index is 0.681. The SMILES string of the molecule is COc1nc(-c2ccccc2)c(C)c2ccccc12. The van der Waals surface area contributed by atoms with E-state index in [2.05, 4.69) is 30.1 Å². The zero-order valence-electron chi connectivity index (χ0n) is 11.1. The van der Waals surface area contributed by atoms with Crippen molar-refractivity contribution in [2.75, 3.05) is 7.11 Å². The zero-order chi connectivity index (χ0) is 13.2. The number of pyridine rings is 1. The molecule has 2 heteroatoms. The predicted octanol–water partition coefficient (Wildman–Crippen LogP) is 4.22. The Morgan fingerprint density at radius 2 is 1.47 bits per heavy atom. The van der Waals surface area contributed by atoms with Crippen molar-refractivity contribution < 1.29 is 4.74 Å². The molecule has 0 unspecified atom stereocenters. The molecule has 2 aromatic carbocycles. The molecular formula is C17H15NO. The van der Waals surface area contributed by atoms with Gasteiger partial charge in [0, 0.05) is 10.9 Å². The Morgan fingerprint density at radius 3 is 2.16 bits per heavy atom. The standard InChI is InChI=1S/C17H15NO/c1-12-14-10-6-7-11-15(14)17(19-2)18-16(12)13-8-4-3-5-9-13/h3-11H,1-2H3. The number of rotatable bonds is 2. The Bertz CT molecular complexity index is 720. The molecule has 19 heavy (non-hydrogen) atoms. The van der Waals surface area contributed by atoms with Crippen molar-refractivity contribution in [2.45, 2.75) is 6.92 Å². The molecule has 0 saturated heterocycles. The molecule has 0 N–H and O–H groups in total. The molecule has 1 heterocycles. The van der Waals surface area contributed by atoms with Crippen LogP contribution >= 0.6 is 0 Å². The summed E-state index contributed by atoms with van der Waals surface area (Å²) in [6, 6.07) is 18.4. The largest absolute Gasteiger partial charge is 0.481 e. The van der Waals surface area contributed by atoms with Crippen molar-refractivity contribution in [1.82, 2.24) is 4.98 Å². The number of fused-ring (bicyclic) bond motifs is 1. The maximum atomic E-state index is 5.43. The first-order chi connectivity index (χ1) is 9.31. The van der Waals surface area contributed by atoms with Crippen LogP contribution in [0.3, 0.4) is 0 Å². The topological polar surface area (TPSA) is 22.1 Å². The molecule has 0 aliphatic heterocycles. The molecule has 0 aliphatic carbocycles. The molecule has 0 aliphatic rings. The van der Waals surface area contributed by atoms with E-state index in [1.165, 1.54) is 10.9 Å². The van der Waals surface area contributed by atoms with Gasteiger partial charge in [0.05, 0.1) is 12.8 Å². The summed E-state index contributed by atoms with van der Waals surface area (Å²) >= 11 is 0. The molecule has 94 valence electrons. The van der Waals surface area contributed by atoms with E-state index in [-0.39, 0.29) is 0 Å². The zero-order valence-corrected chi connectivity index (χ0v) is 11.1. The highest BCUT2D eigenvalue weighted by Crippen LogP contribution is 2.32. The summed E-state index contributed by atoms with van der Waals surface area (Å²) in [5, 5.41) is 2.25. The van der Waals surface area contributed by atoms with Gasteiger partial charge in [-0.05, 0) is 23.9 Å². The van der Waals surface area contributed by atoms with Crippen LogP contribution in [0.2, 0.25) is 0 Å². The monoisotopic (exact) mass is 249 g/mol. The normalized spacial score (nSPS) is 10.6. The van der Waals surface area contributed by atoms with Crippen LogP contribution in [0.4, 0.5) is 0 Å². The van der Waals surface area contributed by atoms with Crippen molar-refractivity contribution >= 4 is 10.8 Å². The first-order valence-corrected chi connectivity index (χ1v) is 6.30. The lowest BCUT2D eigenvalue weighted by atomic mass is 10.0. The third kappa shape index (κ3) is 1.95. The lowest BCUT2D eigenvalue weighted by molar-refractivity contribution is 0.404. The number of hydrogen-bond donors (Lipinski definition) is 0. The van der Waals surface area contributed by atoms with Crippen molar-refractivity contribution in [2.24, 2.45) is 0 Å². The lowest BCUT2D eigenvalue weighted by Gasteiger charge is -2.12. The van der Waals surface area contributed by atoms with Crippen LogP contribution in [0.1, 0.15) is 5.56 Å². The maximum Gasteiger partial charge on any atom is 0.221 e. The third-order valence-electron chi connectivity index (χ3n) is 3.37. The van der Waals surface area contributed by atoms with E-state index < -0.39 is 0 Å². The first-order valence-electron chi connectivity index (χ1n) is 6.30. The maximum absolute atomic E-state index is 5.43. The lowest BCUT2D eigenvalue weighted by Crippen LogP contribution is -1.95. The van der Waals surface area contributed by atoms with E-state index in [0.717, 1.165) is 16.6 Å². The molecule has 3 rings (SSSR count). The van der Waals surface area contributed by atoms with Crippen LogP contribution in [0.5, 0.6) is 5.88 Å². The van der Waals surface area contributed by atoms with Gasteiger partial charge in [0.15, 0.2) is 0 Å². The van der Waals surface area contributed by atoms with Crippen molar-refractivity contribution in [3.8, 4) is 17.1 Å². The number of methoxy groups -OCH3 is 1. The van der Waals surface area contributed by atoms with Gasteiger partial charge in [0.25, 0.3) is 0 Å². The molecule has 0 spiro atoms. The van der Waals surface area contributed by atoms with E-state index >= 15 is 0 Å². The Labute approximate surface area is 112 Å². The van der Waals surface area contributed by atoms with Crippen LogP contribution in [-0.2, 0) is 0 Å². The number of ether oxygens (including phenoxy) is 1. The summed E-state index contributed by atoms with van der Waals surface area (Å²) < 4.78 is 5.43. The Balaban J connectivity index is 2.35. The van der Waals surface area contributed by atoms with E-state index in [0.29, 0.717) is 5.88 Å². The molecule has 0 radical (unpaired) electrons. The Hall–Kier alpha value is -2.35. The highest BCUT2D eigenvalue weighted by molar-refractivity contribution is 5.93. The number of benzene rings is 2. The summed E-state index contributed by atoms with van der Waals surface area (Å²) in [6.07, 6.45) is 0. The number of hydrogen-bond acceptors (Lipinski definition) is 2. The summed E-state index contributed by atoms with van der Waals surface area (Å²) in [5.41, 5.74) is 3.28. The van der Waals surface area contributed by atoms with Crippen LogP contribution in [0, 0.1) is 6.92 Å². The molecule has 3 aromatic rings. The second-order valence-corrected chi connectivity index (χ2v) is 4.51. The summed E-state index contributed by atoms with van der Waals surface area (Å²) in [5.74, 6) is 0.681. The molecule has 0 atom stereocenters. The fourth-order valence-corrected chi connectivity index (χ4v) is 2.40. The van der Waals surface area contributed by atoms with Gasteiger partial charge in [-0.25, -0.2) is 4.98 Å². The molecule has 1 aromatic heterocycles. The second-order valence-electron chi connectivity index (χ2n) is 4.51. The summed E-state index contributed by atoms with van der Waals surface area (Å²) in [7, 11) is 1.67. The minimum Gasteiger partial charge on any atom is -0.481 e. The first kappa shape index (κ1) is 11.7. The number of aromatic nitrogens is 1. The highest BCUT2D eigenvalue weighted by atomic mass is 16.5. The number of nitrogens with zero attached hydrogens (tertiary/aromatic N) is 1. The van der Waals surface area contributed by atoms with E-state index in [9.17, 15) is 0 Å². The van der Waals surface area contributed by atoms with Gasteiger partial charge in [-0.3, -0.25) is 0 Å². The van der Waals surface area contributed by atoms with Gasteiger partial charge in [0.2, 0.25) is 5.88 Å². The van der Waals surface area contributed by atoms with E-state index in [1.807, 2.05) is 36.4 Å². The molecule has 0 bridgehead atoms.